The van der Waals surface area contributed by atoms with Crippen LogP contribution in [0.4, 0.5) is 0 Å². The van der Waals surface area contributed by atoms with E-state index in [-0.39, 0.29) is 25.7 Å². The van der Waals surface area contributed by atoms with E-state index in [1.54, 1.807) is 0 Å². The summed E-state index contributed by atoms with van der Waals surface area (Å²) >= 11 is 0. The normalized spacial score (nSPS) is 14.6. The highest BCUT2D eigenvalue weighted by Gasteiger charge is 2.30. The Morgan fingerprint density at radius 2 is 0.607 bits per heavy atom. The molecule has 0 fully saturated rings. The van der Waals surface area contributed by atoms with E-state index in [0.717, 1.165) is 115 Å². The van der Waals surface area contributed by atoms with E-state index < -0.39 is 97.5 Å². The zero-order valence-electron chi connectivity index (χ0n) is 54.2. The molecule has 17 nitrogen and oxygen atoms in total. The molecule has 84 heavy (non-hydrogen) atoms. The summed E-state index contributed by atoms with van der Waals surface area (Å²) in [6.45, 7) is 9.47. The van der Waals surface area contributed by atoms with Gasteiger partial charge in [0.1, 0.15) is 19.3 Å². The highest BCUT2D eigenvalue weighted by atomic mass is 31.2. The molecule has 0 radical (unpaired) electrons. The van der Waals surface area contributed by atoms with Crippen LogP contribution in [-0.4, -0.2) is 96.7 Å². The van der Waals surface area contributed by atoms with E-state index >= 15 is 0 Å². The van der Waals surface area contributed by atoms with Gasteiger partial charge in [-0.15, -0.1) is 0 Å². The topological polar surface area (TPSA) is 237 Å². The van der Waals surface area contributed by atoms with Gasteiger partial charge in [0.05, 0.1) is 26.4 Å². The fourth-order valence-corrected chi connectivity index (χ4v) is 11.3. The molecule has 3 unspecified atom stereocenters. The Morgan fingerprint density at radius 3 is 0.905 bits per heavy atom. The van der Waals surface area contributed by atoms with Gasteiger partial charge in [-0.25, -0.2) is 9.13 Å². The molecule has 0 saturated carbocycles. The first-order valence-electron chi connectivity index (χ1n) is 34.0. The van der Waals surface area contributed by atoms with Crippen LogP contribution in [0.25, 0.3) is 0 Å². The SMILES string of the molecule is CCCCCCCCCCCCCC(=O)O[C@H](COC(=O)CCCCCCCCC)COP(=O)(O)OC[C@H](O)COP(=O)(O)OC[C@@H](COC(=O)CCCCCCCCCCC(C)CC)OC(=O)CCCCCCCCCCCCCC(C)C. The average molecular weight is 1240 g/mol. The largest absolute Gasteiger partial charge is 0.472 e. The van der Waals surface area contributed by atoms with Crippen LogP contribution in [0.5, 0.6) is 0 Å². The Bertz CT molecular complexity index is 1650. The molecule has 0 spiro atoms. The van der Waals surface area contributed by atoms with Gasteiger partial charge in [0, 0.05) is 25.7 Å². The minimum atomic E-state index is -4.95. The second kappa shape index (κ2) is 57.5. The third kappa shape index (κ3) is 57.8. The number of phosphoric acid groups is 2. The molecule has 3 N–H and O–H groups in total. The fraction of sp³-hybridized carbons (Fsp3) is 0.938. The molecule has 0 aromatic carbocycles. The number of carbonyl (C=O) groups is 4. The Balaban J connectivity index is 5.23. The number of aliphatic hydroxyl groups is 1. The predicted molar refractivity (Wildman–Crippen MR) is 335 cm³/mol. The van der Waals surface area contributed by atoms with Crippen molar-refractivity contribution in [2.45, 2.75) is 342 Å². The van der Waals surface area contributed by atoms with Gasteiger partial charge in [-0.1, -0.05) is 273 Å². The van der Waals surface area contributed by atoms with Crippen molar-refractivity contribution in [2.24, 2.45) is 11.8 Å². The van der Waals surface area contributed by atoms with Crippen LogP contribution in [0.3, 0.4) is 0 Å². The monoisotopic (exact) mass is 1240 g/mol. The first kappa shape index (κ1) is 82.1. The van der Waals surface area contributed by atoms with Crippen molar-refractivity contribution in [3.63, 3.8) is 0 Å². The molecule has 0 saturated heterocycles. The Kier molecular flexibility index (Phi) is 56.2. The minimum Gasteiger partial charge on any atom is -0.462 e. The van der Waals surface area contributed by atoms with E-state index in [1.165, 1.54) is 128 Å². The number of carbonyl (C=O) groups excluding carboxylic acids is 4. The van der Waals surface area contributed by atoms with Gasteiger partial charge in [-0.05, 0) is 37.5 Å². The molecule has 0 aliphatic carbocycles. The van der Waals surface area contributed by atoms with Crippen LogP contribution in [0.15, 0.2) is 0 Å². The minimum absolute atomic E-state index is 0.106. The third-order valence-electron chi connectivity index (χ3n) is 15.3. The van der Waals surface area contributed by atoms with E-state index in [4.69, 9.17) is 37.0 Å². The van der Waals surface area contributed by atoms with Crippen LogP contribution < -0.4 is 0 Å². The maximum atomic E-state index is 13.0. The van der Waals surface area contributed by atoms with Crippen molar-refractivity contribution in [1.29, 1.82) is 0 Å². The third-order valence-corrected chi connectivity index (χ3v) is 17.2. The second-order valence-corrected chi connectivity index (χ2v) is 27.1. The zero-order chi connectivity index (χ0) is 62.2. The quantitative estimate of drug-likeness (QED) is 0.0222. The molecule has 0 aliphatic rings. The standard InChI is InChI=1S/C65H126O17P2/c1-7-10-12-14-16-17-19-23-31-37-43-49-64(69)81-60(53-75-62(67)47-41-35-27-15-13-11-8-2)55-79-83(71,72)77-51-59(66)52-78-84(73,74)80-56-61(54-76-63(68)48-42-36-30-26-25-29-34-40-46-58(6)9-3)82-65(70)50-44-38-32-24-21-18-20-22-28-33-39-45-57(4)5/h57-61,66H,7-56H2,1-6H3,(H,71,72)(H,73,74)/t58?,59-,60+,61+/m0/s1. The molecular weight excluding hydrogens is 1110 g/mol. The first-order valence-corrected chi connectivity index (χ1v) is 37.0. The average Bonchev–Trinajstić information content (AvgIpc) is 3.66. The molecule has 0 aromatic heterocycles. The summed E-state index contributed by atoms with van der Waals surface area (Å²) in [6, 6.07) is 0. The number of hydrogen-bond acceptors (Lipinski definition) is 15. The Labute approximate surface area is 511 Å². The van der Waals surface area contributed by atoms with Crippen LogP contribution in [0.1, 0.15) is 324 Å². The lowest BCUT2D eigenvalue weighted by Crippen LogP contribution is -2.30. The number of rotatable bonds is 64. The van der Waals surface area contributed by atoms with Crippen molar-refractivity contribution in [3.05, 3.63) is 0 Å². The Hall–Kier alpha value is -1.94. The van der Waals surface area contributed by atoms with Crippen LogP contribution in [0.2, 0.25) is 0 Å². The number of aliphatic hydroxyl groups excluding tert-OH is 1. The first-order chi connectivity index (χ1) is 40.4. The van der Waals surface area contributed by atoms with E-state index in [1.807, 2.05) is 0 Å². The smallest absolute Gasteiger partial charge is 0.462 e. The van der Waals surface area contributed by atoms with Crippen LogP contribution in [-0.2, 0) is 65.4 Å². The number of unbranched alkanes of at least 4 members (excludes halogenated alkanes) is 33. The lowest BCUT2D eigenvalue weighted by Gasteiger charge is -2.21. The maximum Gasteiger partial charge on any atom is 0.472 e. The summed E-state index contributed by atoms with van der Waals surface area (Å²) in [4.78, 5) is 72.2. The van der Waals surface area contributed by atoms with E-state index in [2.05, 4.69) is 41.5 Å². The highest BCUT2D eigenvalue weighted by molar-refractivity contribution is 7.47. The van der Waals surface area contributed by atoms with E-state index in [9.17, 15) is 43.2 Å². The number of hydrogen-bond donors (Lipinski definition) is 3. The summed E-state index contributed by atoms with van der Waals surface area (Å²) in [6.07, 6.45) is 40.3. The lowest BCUT2D eigenvalue weighted by atomic mass is 9.99. The predicted octanol–water partition coefficient (Wildman–Crippen LogP) is 18.0. The summed E-state index contributed by atoms with van der Waals surface area (Å²) < 4.78 is 68.0. The highest BCUT2D eigenvalue weighted by Crippen LogP contribution is 2.45. The summed E-state index contributed by atoms with van der Waals surface area (Å²) in [5.41, 5.74) is 0. The molecule has 498 valence electrons. The van der Waals surface area contributed by atoms with Gasteiger partial charge in [0.25, 0.3) is 0 Å². The van der Waals surface area contributed by atoms with Crippen molar-refractivity contribution >= 4 is 39.5 Å². The molecular formula is C65H126O17P2. The number of phosphoric ester groups is 2. The summed E-state index contributed by atoms with van der Waals surface area (Å²) in [7, 11) is -9.89. The molecule has 0 rings (SSSR count). The molecule has 0 aliphatic heterocycles. The van der Waals surface area contributed by atoms with Crippen molar-refractivity contribution in [2.75, 3.05) is 39.6 Å². The van der Waals surface area contributed by atoms with Crippen LogP contribution >= 0.6 is 15.6 Å². The molecule has 0 aromatic rings. The van der Waals surface area contributed by atoms with Crippen LogP contribution in [0, 0.1) is 11.8 Å². The summed E-state index contributed by atoms with van der Waals surface area (Å²) in [5.74, 6) is -0.593. The number of ether oxygens (including phenoxy) is 4. The van der Waals surface area contributed by atoms with Gasteiger partial charge < -0.3 is 33.8 Å². The van der Waals surface area contributed by atoms with E-state index in [0.29, 0.717) is 25.7 Å². The lowest BCUT2D eigenvalue weighted by molar-refractivity contribution is -0.161. The van der Waals surface area contributed by atoms with Gasteiger partial charge >= 0.3 is 39.5 Å². The molecule has 6 atom stereocenters. The fourth-order valence-electron chi connectivity index (χ4n) is 9.68. The van der Waals surface area contributed by atoms with Gasteiger partial charge in [0.15, 0.2) is 12.2 Å². The second-order valence-electron chi connectivity index (χ2n) is 24.2. The molecule has 0 amide bonds. The maximum absolute atomic E-state index is 13.0. The Morgan fingerprint density at radius 1 is 0.345 bits per heavy atom. The molecule has 0 heterocycles. The van der Waals surface area contributed by atoms with Gasteiger partial charge in [0.2, 0.25) is 0 Å². The van der Waals surface area contributed by atoms with Crippen molar-refractivity contribution < 1.29 is 80.2 Å². The zero-order valence-corrected chi connectivity index (χ0v) is 56.0. The van der Waals surface area contributed by atoms with Gasteiger partial charge in [-0.3, -0.25) is 37.3 Å². The molecule has 0 bridgehead atoms. The molecule has 19 heteroatoms. The van der Waals surface area contributed by atoms with Crippen molar-refractivity contribution in [1.82, 2.24) is 0 Å². The van der Waals surface area contributed by atoms with Crippen molar-refractivity contribution in [3.8, 4) is 0 Å². The number of esters is 4. The summed E-state index contributed by atoms with van der Waals surface area (Å²) in [5, 5.41) is 10.5. The van der Waals surface area contributed by atoms with Gasteiger partial charge in [-0.2, -0.15) is 0 Å².